The maximum absolute atomic E-state index is 13.0. The lowest BCUT2D eigenvalue weighted by molar-refractivity contribution is -0.119. The first-order valence-electron chi connectivity index (χ1n) is 9.49. The number of anilines is 1. The highest BCUT2D eigenvalue weighted by atomic mass is 32.2. The van der Waals surface area contributed by atoms with Gasteiger partial charge in [-0.3, -0.25) is 14.8 Å². The number of benzene rings is 1. The molecule has 30 heavy (non-hydrogen) atoms. The van der Waals surface area contributed by atoms with Crippen LogP contribution in [-0.4, -0.2) is 51.2 Å². The van der Waals surface area contributed by atoms with E-state index in [9.17, 15) is 13.2 Å². The Hall–Kier alpha value is -3.05. The third-order valence-electron chi connectivity index (χ3n) is 5.01. The monoisotopic (exact) mass is 430 g/mol. The standard InChI is InChI=1S/C19H22N6O4S/c1-12-6-8-14(9-7-12)30(27,28)25-10-4-5-15(25)17(26)20-19-22-21-18(29-19)16-11-13(2)23-24(16)3/h6-9,11,15H,4-5,10H2,1-3H3,(H,20,22,26)/t15-/m0/s1. The first-order chi connectivity index (χ1) is 14.3. The number of rotatable bonds is 5. The van der Waals surface area contributed by atoms with Crippen LogP contribution in [0.4, 0.5) is 6.01 Å². The first-order valence-corrected chi connectivity index (χ1v) is 10.9. The molecule has 1 aromatic carbocycles. The van der Waals surface area contributed by atoms with Crippen molar-refractivity contribution in [1.82, 2.24) is 24.3 Å². The van der Waals surface area contributed by atoms with E-state index in [0.29, 0.717) is 18.5 Å². The minimum atomic E-state index is -3.79. The Kier molecular flexibility index (Phi) is 5.16. The second kappa shape index (κ2) is 7.65. The van der Waals surface area contributed by atoms with Crippen LogP contribution in [0.15, 0.2) is 39.6 Å². The number of carbonyl (C=O) groups is 1. The van der Waals surface area contributed by atoms with Crippen molar-refractivity contribution in [3.8, 4) is 11.6 Å². The maximum Gasteiger partial charge on any atom is 0.322 e. The first kappa shape index (κ1) is 20.2. The molecule has 0 saturated carbocycles. The SMILES string of the molecule is Cc1ccc(S(=O)(=O)N2CCC[C@H]2C(=O)Nc2nnc(-c3cc(C)nn3C)o2)cc1. The second-order valence-corrected chi connectivity index (χ2v) is 9.17. The quantitative estimate of drug-likeness (QED) is 0.655. The Bertz CT molecular complexity index is 1180. The Morgan fingerprint density at radius 2 is 1.93 bits per heavy atom. The minimum absolute atomic E-state index is 0.0894. The number of aromatic nitrogens is 4. The lowest BCUT2D eigenvalue weighted by Gasteiger charge is -2.22. The summed E-state index contributed by atoms with van der Waals surface area (Å²) in [7, 11) is -2.04. The summed E-state index contributed by atoms with van der Waals surface area (Å²) in [4.78, 5) is 13.0. The van der Waals surface area contributed by atoms with Crippen LogP contribution in [-0.2, 0) is 21.9 Å². The molecule has 1 N–H and O–H groups in total. The number of nitrogens with zero attached hydrogens (tertiary/aromatic N) is 5. The Morgan fingerprint density at radius 1 is 1.20 bits per heavy atom. The number of aryl methyl sites for hydroxylation is 3. The predicted octanol–water partition coefficient (Wildman–Crippen LogP) is 1.88. The molecule has 4 rings (SSSR count). The van der Waals surface area contributed by atoms with Crippen LogP contribution in [0, 0.1) is 13.8 Å². The highest BCUT2D eigenvalue weighted by Crippen LogP contribution is 2.27. The van der Waals surface area contributed by atoms with Crippen LogP contribution >= 0.6 is 0 Å². The molecule has 0 bridgehead atoms. The van der Waals surface area contributed by atoms with Crippen molar-refractivity contribution < 1.29 is 17.6 Å². The van der Waals surface area contributed by atoms with Gasteiger partial charge < -0.3 is 4.42 Å². The Labute approximate surface area is 174 Å². The Morgan fingerprint density at radius 3 is 2.60 bits per heavy atom. The molecule has 1 aliphatic heterocycles. The van der Waals surface area contributed by atoms with Gasteiger partial charge >= 0.3 is 6.01 Å². The summed E-state index contributed by atoms with van der Waals surface area (Å²) in [5.74, 6) is -0.288. The maximum atomic E-state index is 13.0. The average molecular weight is 430 g/mol. The molecule has 1 atom stereocenters. The molecule has 0 spiro atoms. The molecule has 1 fully saturated rings. The van der Waals surface area contributed by atoms with E-state index in [1.54, 1.807) is 42.1 Å². The lowest BCUT2D eigenvalue weighted by Crippen LogP contribution is -2.43. The summed E-state index contributed by atoms with van der Waals surface area (Å²) in [5, 5.41) is 14.6. The van der Waals surface area contributed by atoms with Gasteiger partial charge in [-0.25, -0.2) is 8.42 Å². The van der Waals surface area contributed by atoms with Crippen molar-refractivity contribution in [3.05, 3.63) is 41.6 Å². The van der Waals surface area contributed by atoms with Crippen molar-refractivity contribution in [3.63, 3.8) is 0 Å². The van der Waals surface area contributed by atoms with Crippen LogP contribution in [0.3, 0.4) is 0 Å². The molecule has 1 aliphatic rings. The summed E-state index contributed by atoms with van der Waals surface area (Å²) in [6, 6.07) is 7.43. The summed E-state index contributed by atoms with van der Waals surface area (Å²) >= 11 is 0. The summed E-state index contributed by atoms with van der Waals surface area (Å²) < 4.78 is 34.4. The van der Waals surface area contributed by atoms with E-state index in [1.807, 2.05) is 13.8 Å². The molecule has 0 unspecified atom stereocenters. The number of sulfonamides is 1. The van der Waals surface area contributed by atoms with Crippen LogP contribution < -0.4 is 5.32 Å². The van der Waals surface area contributed by atoms with Gasteiger partial charge in [0, 0.05) is 13.6 Å². The van der Waals surface area contributed by atoms with Crippen LogP contribution in [0.2, 0.25) is 0 Å². The van der Waals surface area contributed by atoms with Crippen molar-refractivity contribution in [2.45, 2.75) is 37.6 Å². The van der Waals surface area contributed by atoms with Crippen LogP contribution in [0.25, 0.3) is 11.6 Å². The fraction of sp³-hybridized carbons (Fsp3) is 0.368. The van der Waals surface area contributed by atoms with Crippen molar-refractivity contribution in [1.29, 1.82) is 0 Å². The molecule has 10 nitrogen and oxygen atoms in total. The summed E-state index contributed by atoms with van der Waals surface area (Å²) in [6.07, 6.45) is 1.01. The Balaban J connectivity index is 1.52. The largest absolute Gasteiger partial charge is 0.401 e. The molecule has 158 valence electrons. The molecule has 1 saturated heterocycles. The fourth-order valence-corrected chi connectivity index (χ4v) is 5.17. The third-order valence-corrected chi connectivity index (χ3v) is 6.93. The normalized spacial score (nSPS) is 17.4. The zero-order chi connectivity index (χ0) is 21.5. The van der Waals surface area contributed by atoms with Gasteiger partial charge in [0.2, 0.25) is 15.9 Å². The van der Waals surface area contributed by atoms with Crippen molar-refractivity contribution in [2.75, 3.05) is 11.9 Å². The molecule has 3 aromatic rings. The number of amides is 1. The number of nitrogens with one attached hydrogen (secondary N) is 1. The van der Waals surface area contributed by atoms with Gasteiger partial charge in [-0.1, -0.05) is 22.8 Å². The molecule has 1 amide bonds. The van der Waals surface area contributed by atoms with Gasteiger partial charge in [0.15, 0.2) is 0 Å². The van der Waals surface area contributed by atoms with Crippen molar-refractivity contribution in [2.24, 2.45) is 7.05 Å². The van der Waals surface area contributed by atoms with Gasteiger partial charge in [0.1, 0.15) is 11.7 Å². The van der Waals surface area contributed by atoms with E-state index >= 15 is 0 Å². The van der Waals surface area contributed by atoms with Crippen LogP contribution in [0.1, 0.15) is 24.1 Å². The number of carbonyl (C=O) groups excluding carboxylic acids is 1. The average Bonchev–Trinajstić information content (AvgIpc) is 3.42. The molecule has 2 aromatic heterocycles. The van der Waals surface area contributed by atoms with Gasteiger partial charge in [-0.15, -0.1) is 5.10 Å². The number of hydrogen-bond acceptors (Lipinski definition) is 7. The zero-order valence-corrected chi connectivity index (χ0v) is 17.7. The highest BCUT2D eigenvalue weighted by Gasteiger charge is 2.39. The van der Waals surface area contributed by atoms with Gasteiger partial charge in [0.05, 0.1) is 10.6 Å². The molecule has 3 heterocycles. The molecular formula is C19H22N6O4S. The second-order valence-electron chi connectivity index (χ2n) is 7.28. The van der Waals surface area contributed by atoms with E-state index in [2.05, 4.69) is 20.6 Å². The summed E-state index contributed by atoms with van der Waals surface area (Å²) in [6.45, 7) is 4.00. The third kappa shape index (κ3) is 3.73. The summed E-state index contributed by atoms with van der Waals surface area (Å²) in [5.41, 5.74) is 2.37. The van der Waals surface area contributed by atoms with Gasteiger partial charge in [-0.2, -0.15) is 9.40 Å². The zero-order valence-electron chi connectivity index (χ0n) is 16.9. The van der Waals surface area contributed by atoms with E-state index in [4.69, 9.17) is 4.42 Å². The fourth-order valence-electron chi connectivity index (χ4n) is 3.51. The molecule has 0 radical (unpaired) electrons. The van der Waals surface area contributed by atoms with Gasteiger partial charge in [0.25, 0.3) is 5.89 Å². The number of hydrogen-bond donors (Lipinski definition) is 1. The molecule has 11 heteroatoms. The van der Waals surface area contributed by atoms with E-state index < -0.39 is 22.0 Å². The minimum Gasteiger partial charge on any atom is -0.401 e. The lowest BCUT2D eigenvalue weighted by atomic mass is 10.2. The van der Waals surface area contributed by atoms with Crippen molar-refractivity contribution >= 4 is 21.9 Å². The topological polar surface area (TPSA) is 123 Å². The molecule has 0 aliphatic carbocycles. The smallest absolute Gasteiger partial charge is 0.322 e. The predicted molar refractivity (Wildman–Crippen MR) is 108 cm³/mol. The van der Waals surface area contributed by atoms with E-state index in [-0.39, 0.29) is 23.3 Å². The van der Waals surface area contributed by atoms with Crippen LogP contribution in [0.5, 0.6) is 0 Å². The van der Waals surface area contributed by atoms with E-state index in [0.717, 1.165) is 11.3 Å². The molecular weight excluding hydrogens is 408 g/mol. The van der Waals surface area contributed by atoms with Gasteiger partial charge in [-0.05, 0) is 44.9 Å². The van der Waals surface area contributed by atoms with E-state index in [1.165, 1.54) is 4.31 Å². The highest BCUT2D eigenvalue weighted by molar-refractivity contribution is 7.89.